The molecule has 1 amide bonds. The van der Waals surface area contributed by atoms with Crippen LogP contribution in [0.25, 0.3) is 0 Å². The van der Waals surface area contributed by atoms with Crippen molar-refractivity contribution in [2.45, 2.75) is 12.5 Å². The van der Waals surface area contributed by atoms with Gasteiger partial charge in [0, 0.05) is 17.5 Å². The largest absolute Gasteiger partial charge is 0.345 e. The molecule has 2 fully saturated rings. The van der Waals surface area contributed by atoms with Gasteiger partial charge in [-0.15, -0.1) is 11.3 Å². The van der Waals surface area contributed by atoms with Crippen molar-refractivity contribution < 1.29 is 9.18 Å². The highest BCUT2D eigenvalue weighted by Gasteiger charge is 2.55. The maximum absolute atomic E-state index is 13.5. The summed E-state index contributed by atoms with van der Waals surface area (Å²) >= 11 is 1.54. The van der Waals surface area contributed by atoms with E-state index in [-0.39, 0.29) is 18.1 Å². The predicted octanol–water partition coefficient (Wildman–Crippen LogP) is 1.54. The molecule has 3 heterocycles. The number of hydrogen-bond donors (Lipinski definition) is 2. The summed E-state index contributed by atoms with van der Waals surface area (Å²) in [5.41, 5.74) is 0.642. The molecule has 1 saturated carbocycles. The van der Waals surface area contributed by atoms with E-state index in [4.69, 9.17) is 0 Å². The minimum Gasteiger partial charge on any atom is -0.345 e. The number of nitrogens with one attached hydrogen (secondary N) is 2. The number of pyridine rings is 1. The lowest BCUT2D eigenvalue weighted by molar-refractivity contribution is 0.0945. The normalized spacial score (nSPS) is 25.8. The molecule has 1 aliphatic heterocycles. The van der Waals surface area contributed by atoms with Crippen molar-refractivity contribution in [3.63, 3.8) is 0 Å². The maximum Gasteiger partial charge on any atom is 0.271 e. The van der Waals surface area contributed by atoms with E-state index < -0.39 is 5.82 Å². The van der Waals surface area contributed by atoms with Gasteiger partial charge in [0.25, 0.3) is 5.91 Å². The first-order valence-electron chi connectivity index (χ1n) is 7.28. The first-order valence-corrected chi connectivity index (χ1v) is 8.16. The van der Waals surface area contributed by atoms with Crippen molar-refractivity contribution in [1.29, 1.82) is 0 Å². The van der Waals surface area contributed by atoms with E-state index in [1.165, 1.54) is 18.3 Å². The van der Waals surface area contributed by atoms with Crippen molar-refractivity contribution in [3.05, 3.63) is 45.9 Å². The van der Waals surface area contributed by atoms with Gasteiger partial charge in [-0.2, -0.15) is 0 Å². The van der Waals surface area contributed by atoms with Gasteiger partial charge in [0.15, 0.2) is 0 Å². The average Bonchev–Trinajstić information content (AvgIpc) is 2.94. The SMILES string of the molecule is O=C(NCc1ncccc1F)c1csc(C2[C@H]3CNC[C@@H]23)n1. The van der Waals surface area contributed by atoms with Gasteiger partial charge in [0.2, 0.25) is 0 Å². The molecule has 4 rings (SSSR count). The Hall–Kier alpha value is -1.86. The molecule has 3 atom stereocenters. The molecule has 2 aromatic rings. The zero-order valence-electron chi connectivity index (χ0n) is 11.8. The molecular weight excluding hydrogens is 303 g/mol. The topological polar surface area (TPSA) is 66.9 Å². The van der Waals surface area contributed by atoms with Crippen LogP contribution in [0.4, 0.5) is 4.39 Å². The van der Waals surface area contributed by atoms with Crippen LogP contribution in [0.5, 0.6) is 0 Å². The van der Waals surface area contributed by atoms with Gasteiger partial charge in [0.05, 0.1) is 17.2 Å². The van der Waals surface area contributed by atoms with E-state index >= 15 is 0 Å². The zero-order chi connectivity index (χ0) is 15.1. The number of nitrogens with zero attached hydrogens (tertiary/aromatic N) is 2. The number of carbonyl (C=O) groups is 1. The first kappa shape index (κ1) is 13.8. The molecule has 2 aliphatic rings. The first-order chi connectivity index (χ1) is 10.7. The van der Waals surface area contributed by atoms with E-state index in [1.807, 2.05) is 0 Å². The third kappa shape index (κ3) is 2.40. The van der Waals surface area contributed by atoms with Gasteiger partial charge in [-0.05, 0) is 37.1 Å². The lowest BCUT2D eigenvalue weighted by Crippen LogP contribution is -2.24. The number of fused-ring (bicyclic) bond motifs is 1. The minimum atomic E-state index is -0.417. The van der Waals surface area contributed by atoms with Crippen molar-refractivity contribution in [2.75, 3.05) is 13.1 Å². The van der Waals surface area contributed by atoms with Gasteiger partial charge in [0.1, 0.15) is 11.5 Å². The van der Waals surface area contributed by atoms with E-state index in [1.54, 1.807) is 16.7 Å². The molecule has 2 N–H and O–H groups in total. The Balaban J connectivity index is 1.39. The monoisotopic (exact) mass is 318 g/mol. The van der Waals surface area contributed by atoms with Crippen molar-refractivity contribution in [3.8, 4) is 0 Å². The fraction of sp³-hybridized carbons (Fsp3) is 0.400. The third-order valence-electron chi connectivity index (χ3n) is 4.38. The quantitative estimate of drug-likeness (QED) is 0.897. The number of amides is 1. The number of hydrogen-bond acceptors (Lipinski definition) is 5. The summed E-state index contributed by atoms with van der Waals surface area (Å²) in [7, 11) is 0. The molecular formula is C15H15FN4OS. The molecule has 0 aromatic carbocycles. The van der Waals surface area contributed by atoms with Gasteiger partial charge in [-0.3, -0.25) is 9.78 Å². The smallest absolute Gasteiger partial charge is 0.271 e. The molecule has 7 heteroatoms. The second-order valence-corrected chi connectivity index (χ2v) is 6.59. The van der Waals surface area contributed by atoms with Crippen LogP contribution in [-0.2, 0) is 6.54 Å². The Morgan fingerprint density at radius 1 is 1.45 bits per heavy atom. The second-order valence-electron chi connectivity index (χ2n) is 5.70. The molecule has 2 aromatic heterocycles. The molecule has 0 spiro atoms. The molecule has 1 unspecified atom stereocenters. The summed E-state index contributed by atoms with van der Waals surface area (Å²) < 4.78 is 13.5. The van der Waals surface area contributed by atoms with Crippen LogP contribution < -0.4 is 10.6 Å². The van der Waals surface area contributed by atoms with Crippen LogP contribution in [0.1, 0.15) is 27.1 Å². The minimum absolute atomic E-state index is 0.0664. The molecule has 1 aliphatic carbocycles. The van der Waals surface area contributed by atoms with Crippen LogP contribution in [0.15, 0.2) is 23.7 Å². The summed E-state index contributed by atoms with van der Waals surface area (Å²) in [4.78, 5) is 20.5. The maximum atomic E-state index is 13.5. The highest BCUT2D eigenvalue weighted by Crippen LogP contribution is 2.56. The van der Waals surface area contributed by atoms with E-state index in [0.717, 1.165) is 18.1 Å². The summed E-state index contributed by atoms with van der Waals surface area (Å²) in [5, 5.41) is 8.85. The Bertz CT molecular complexity index is 709. The standard InChI is InChI=1S/C15H15FN4OS/c16-10-2-1-3-18-11(10)6-19-14(21)12-7-22-15(20-12)13-8-4-17-5-9(8)13/h1-3,7-9,13,17H,4-6H2,(H,19,21)/t8-,9+,13?. The Morgan fingerprint density at radius 2 is 2.27 bits per heavy atom. The number of thiazole rings is 1. The van der Waals surface area contributed by atoms with Crippen LogP contribution in [0.3, 0.4) is 0 Å². The lowest BCUT2D eigenvalue weighted by Gasteiger charge is -2.03. The Kier molecular flexibility index (Phi) is 3.38. The number of carbonyl (C=O) groups excluding carboxylic acids is 1. The van der Waals surface area contributed by atoms with Gasteiger partial charge in [-0.1, -0.05) is 0 Å². The molecule has 0 radical (unpaired) electrons. The number of aromatic nitrogens is 2. The summed E-state index contributed by atoms with van der Waals surface area (Å²) in [6, 6.07) is 2.85. The second kappa shape index (κ2) is 5.40. The molecule has 114 valence electrons. The Morgan fingerprint density at radius 3 is 3.05 bits per heavy atom. The van der Waals surface area contributed by atoms with Crippen molar-refractivity contribution in [1.82, 2.24) is 20.6 Å². The summed E-state index contributed by atoms with van der Waals surface area (Å²) in [6.45, 7) is 2.17. The fourth-order valence-electron chi connectivity index (χ4n) is 3.13. The molecule has 5 nitrogen and oxygen atoms in total. The van der Waals surface area contributed by atoms with E-state index in [9.17, 15) is 9.18 Å². The van der Waals surface area contributed by atoms with Crippen molar-refractivity contribution >= 4 is 17.2 Å². The highest BCUT2D eigenvalue weighted by atomic mass is 32.1. The zero-order valence-corrected chi connectivity index (χ0v) is 12.6. The van der Waals surface area contributed by atoms with Crippen LogP contribution in [-0.4, -0.2) is 29.0 Å². The predicted molar refractivity (Wildman–Crippen MR) is 80.1 cm³/mol. The van der Waals surface area contributed by atoms with Crippen LogP contribution in [0, 0.1) is 17.7 Å². The highest BCUT2D eigenvalue weighted by molar-refractivity contribution is 7.10. The summed E-state index contributed by atoms with van der Waals surface area (Å²) in [5.74, 6) is 1.19. The number of rotatable bonds is 4. The van der Waals surface area contributed by atoms with Gasteiger partial charge in [-0.25, -0.2) is 9.37 Å². The fourth-order valence-corrected chi connectivity index (χ4v) is 4.18. The van der Waals surface area contributed by atoms with Crippen LogP contribution in [0.2, 0.25) is 0 Å². The van der Waals surface area contributed by atoms with Crippen molar-refractivity contribution in [2.24, 2.45) is 11.8 Å². The lowest BCUT2D eigenvalue weighted by atomic mass is 10.3. The average molecular weight is 318 g/mol. The number of piperidine rings is 1. The molecule has 0 bridgehead atoms. The van der Waals surface area contributed by atoms with E-state index in [0.29, 0.717) is 23.4 Å². The van der Waals surface area contributed by atoms with Gasteiger partial charge >= 0.3 is 0 Å². The third-order valence-corrected chi connectivity index (χ3v) is 5.33. The van der Waals surface area contributed by atoms with Gasteiger partial charge < -0.3 is 10.6 Å². The summed E-state index contributed by atoms with van der Waals surface area (Å²) in [6.07, 6.45) is 1.51. The Labute approximate surface area is 131 Å². The molecule has 1 saturated heterocycles. The van der Waals surface area contributed by atoms with Crippen LogP contribution >= 0.6 is 11.3 Å². The molecule has 22 heavy (non-hydrogen) atoms. The number of halogens is 1. The van der Waals surface area contributed by atoms with E-state index in [2.05, 4.69) is 20.6 Å².